The van der Waals surface area contributed by atoms with Crippen molar-refractivity contribution < 1.29 is 32.3 Å². The zero-order chi connectivity index (χ0) is 17.7. The maximum Gasteiger partial charge on any atom is 0.492 e. The molecule has 1 fully saturated rings. The van der Waals surface area contributed by atoms with E-state index in [4.69, 9.17) is 4.74 Å². The highest BCUT2D eigenvalue weighted by molar-refractivity contribution is 5.89. The summed E-state index contributed by atoms with van der Waals surface area (Å²) in [5.41, 5.74) is 3.62. The number of ether oxygens (including phenoxy) is 1. The van der Waals surface area contributed by atoms with Crippen LogP contribution in [0.4, 0.5) is 13.2 Å². The second-order valence-electron chi connectivity index (χ2n) is 5.75. The average Bonchev–Trinajstić information content (AvgIpc) is 2.53. The number of benzene rings is 1. The van der Waals surface area contributed by atoms with Gasteiger partial charge in [0, 0.05) is 6.04 Å². The first-order chi connectivity index (χ1) is 11.3. The number of esters is 1. The van der Waals surface area contributed by atoms with E-state index in [2.05, 4.69) is 10.3 Å². The van der Waals surface area contributed by atoms with Crippen LogP contribution < -0.4 is 5.48 Å². The van der Waals surface area contributed by atoms with Crippen molar-refractivity contribution in [3.05, 3.63) is 35.4 Å². The third-order valence-electron chi connectivity index (χ3n) is 3.78. The Morgan fingerprint density at radius 3 is 2.21 bits per heavy atom. The van der Waals surface area contributed by atoms with Gasteiger partial charge in [0.2, 0.25) is 0 Å². The van der Waals surface area contributed by atoms with Crippen molar-refractivity contribution >= 4 is 11.9 Å². The number of hydroxylamine groups is 1. The van der Waals surface area contributed by atoms with Crippen molar-refractivity contribution in [2.24, 2.45) is 0 Å². The summed E-state index contributed by atoms with van der Waals surface area (Å²) < 4.78 is 41.5. The summed E-state index contributed by atoms with van der Waals surface area (Å²) in [5.74, 6) is -2.69. The number of alkyl halides is 3. The number of carbonyl (C=O) groups excluding carboxylic acids is 2. The lowest BCUT2D eigenvalue weighted by atomic mass is 9.93. The molecule has 0 spiro atoms. The van der Waals surface area contributed by atoms with E-state index in [9.17, 15) is 22.8 Å². The van der Waals surface area contributed by atoms with Crippen molar-refractivity contribution in [1.29, 1.82) is 0 Å². The van der Waals surface area contributed by atoms with Gasteiger partial charge in [-0.25, -0.2) is 9.59 Å². The molecule has 1 aromatic rings. The van der Waals surface area contributed by atoms with E-state index in [0.717, 1.165) is 5.56 Å². The second kappa shape index (κ2) is 7.65. The molecule has 0 amide bonds. The van der Waals surface area contributed by atoms with Gasteiger partial charge >= 0.3 is 18.1 Å². The predicted octanol–water partition coefficient (Wildman–Crippen LogP) is 3.07. The summed E-state index contributed by atoms with van der Waals surface area (Å²) in [6.45, 7) is 1.91. The molecule has 5 nitrogen and oxygen atoms in total. The van der Waals surface area contributed by atoms with Gasteiger partial charge in [-0.1, -0.05) is 17.7 Å². The van der Waals surface area contributed by atoms with Crippen molar-refractivity contribution in [2.45, 2.75) is 50.9 Å². The Morgan fingerprint density at radius 2 is 1.67 bits per heavy atom. The van der Waals surface area contributed by atoms with Gasteiger partial charge in [-0.3, -0.25) is 0 Å². The lowest BCUT2D eigenvalue weighted by Crippen LogP contribution is -2.40. The standard InChI is InChI=1S/C16H18F3NO4/c1-10-2-4-11(5-3-10)14(21)23-13-8-6-12(7-9-13)20-24-15(22)16(17,18)19/h2-5,12-13,20H,6-9H2,1H3. The Kier molecular flexibility index (Phi) is 5.82. The first-order valence-corrected chi connectivity index (χ1v) is 7.57. The summed E-state index contributed by atoms with van der Waals surface area (Å²) in [6, 6.07) is 6.60. The summed E-state index contributed by atoms with van der Waals surface area (Å²) in [6.07, 6.45) is -3.46. The van der Waals surface area contributed by atoms with Crippen molar-refractivity contribution in [3.8, 4) is 0 Å². The van der Waals surface area contributed by atoms with Crippen LogP contribution in [0.25, 0.3) is 0 Å². The minimum Gasteiger partial charge on any atom is -0.459 e. The zero-order valence-corrected chi connectivity index (χ0v) is 13.1. The molecule has 132 valence electrons. The maximum atomic E-state index is 12.0. The van der Waals surface area contributed by atoms with Crippen LogP contribution in [0.3, 0.4) is 0 Å². The summed E-state index contributed by atoms with van der Waals surface area (Å²) in [5, 5.41) is 0. The normalized spacial score (nSPS) is 21.2. The molecule has 8 heteroatoms. The number of nitrogens with one attached hydrogen (secondary N) is 1. The number of rotatable bonds is 4. The van der Waals surface area contributed by atoms with Gasteiger partial charge in [0.05, 0.1) is 5.56 Å². The van der Waals surface area contributed by atoms with Crippen molar-refractivity contribution in [1.82, 2.24) is 5.48 Å². The highest BCUT2D eigenvalue weighted by Crippen LogP contribution is 2.23. The first-order valence-electron chi connectivity index (χ1n) is 7.57. The predicted molar refractivity (Wildman–Crippen MR) is 77.9 cm³/mol. The smallest absolute Gasteiger partial charge is 0.459 e. The molecule has 1 saturated carbocycles. The van der Waals surface area contributed by atoms with Gasteiger partial charge in [0.15, 0.2) is 0 Å². The van der Waals surface area contributed by atoms with Gasteiger partial charge in [-0.2, -0.15) is 13.2 Å². The quantitative estimate of drug-likeness (QED) is 0.671. The third-order valence-corrected chi connectivity index (χ3v) is 3.78. The van der Waals surface area contributed by atoms with Gasteiger partial charge in [-0.05, 0) is 44.7 Å². The molecule has 0 aliphatic heterocycles. The molecule has 1 aromatic carbocycles. The lowest BCUT2D eigenvalue weighted by Gasteiger charge is -2.28. The Balaban J connectivity index is 1.73. The van der Waals surface area contributed by atoms with Crippen LogP contribution in [0.2, 0.25) is 0 Å². The van der Waals surface area contributed by atoms with E-state index in [-0.39, 0.29) is 12.1 Å². The van der Waals surface area contributed by atoms with Crippen molar-refractivity contribution in [3.63, 3.8) is 0 Å². The van der Waals surface area contributed by atoms with Crippen LogP contribution >= 0.6 is 0 Å². The molecule has 0 saturated heterocycles. The van der Waals surface area contributed by atoms with Crippen LogP contribution in [-0.2, 0) is 14.4 Å². The molecular formula is C16H18F3NO4. The van der Waals surface area contributed by atoms with Crippen molar-refractivity contribution in [2.75, 3.05) is 0 Å². The Morgan fingerprint density at radius 1 is 1.08 bits per heavy atom. The van der Waals surface area contributed by atoms with E-state index < -0.39 is 18.1 Å². The van der Waals surface area contributed by atoms with E-state index in [1.54, 1.807) is 12.1 Å². The summed E-state index contributed by atoms with van der Waals surface area (Å²) in [7, 11) is 0. The largest absolute Gasteiger partial charge is 0.492 e. The minimum absolute atomic E-state index is 0.296. The number of hydrogen-bond donors (Lipinski definition) is 1. The van der Waals surface area contributed by atoms with Gasteiger partial charge in [-0.15, -0.1) is 5.48 Å². The third kappa shape index (κ3) is 5.23. The Labute approximate surface area is 137 Å². The van der Waals surface area contributed by atoms with Gasteiger partial charge in [0.1, 0.15) is 6.10 Å². The fourth-order valence-electron chi connectivity index (χ4n) is 2.40. The summed E-state index contributed by atoms with van der Waals surface area (Å²) >= 11 is 0. The van der Waals surface area contributed by atoms with Gasteiger partial charge in [0.25, 0.3) is 0 Å². The molecule has 0 radical (unpaired) electrons. The summed E-state index contributed by atoms with van der Waals surface area (Å²) in [4.78, 5) is 26.6. The second-order valence-corrected chi connectivity index (χ2v) is 5.75. The molecule has 1 aliphatic rings. The molecule has 0 unspecified atom stereocenters. The van der Waals surface area contributed by atoms with E-state index >= 15 is 0 Å². The molecule has 1 N–H and O–H groups in total. The molecule has 0 bridgehead atoms. The number of carbonyl (C=O) groups is 2. The molecule has 0 atom stereocenters. The highest BCUT2D eigenvalue weighted by atomic mass is 19.4. The number of aryl methyl sites for hydroxylation is 1. The van der Waals surface area contributed by atoms with E-state index in [1.165, 1.54) is 0 Å². The lowest BCUT2D eigenvalue weighted by molar-refractivity contribution is -0.209. The Bertz CT molecular complexity index is 578. The SMILES string of the molecule is Cc1ccc(C(=O)OC2CCC(NOC(=O)C(F)(F)F)CC2)cc1. The molecule has 1 aliphatic carbocycles. The molecule has 0 aromatic heterocycles. The fourth-order valence-corrected chi connectivity index (χ4v) is 2.40. The van der Waals surface area contributed by atoms with Crippen LogP contribution in [0, 0.1) is 6.92 Å². The van der Waals surface area contributed by atoms with E-state index in [0.29, 0.717) is 31.2 Å². The molecular weight excluding hydrogens is 327 g/mol. The Hall–Kier alpha value is -2.09. The zero-order valence-electron chi connectivity index (χ0n) is 13.1. The number of halogens is 3. The minimum atomic E-state index is -5.02. The molecule has 0 heterocycles. The fraction of sp³-hybridized carbons (Fsp3) is 0.500. The topological polar surface area (TPSA) is 64.6 Å². The van der Waals surface area contributed by atoms with Crippen LogP contribution in [0.1, 0.15) is 41.6 Å². The van der Waals surface area contributed by atoms with Gasteiger partial charge < -0.3 is 9.57 Å². The number of hydrogen-bond acceptors (Lipinski definition) is 5. The van der Waals surface area contributed by atoms with Crippen LogP contribution in [0.5, 0.6) is 0 Å². The first kappa shape index (κ1) is 18.3. The molecule has 24 heavy (non-hydrogen) atoms. The van der Waals surface area contributed by atoms with Crippen LogP contribution in [0.15, 0.2) is 24.3 Å². The maximum absolute atomic E-state index is 12.0. The van der Waals surface area contributed by atoms with Crippen LogP contribution in [-0.4, -0.2) is 30.3 Å². The highest BCUT2D eigenvalue weighted by Gasteiger charge is 2.42. The average molecular weight is 345 g/mol. The monoisotopic (exact) mass is 345 g/mol. The van der Waals surface area contributed by atoms with E-state index in [1.807, 2.05) is 19.1 Å². The molecule has 2 rings (SSSR count).